The van der Waals surface area contributed by atoms with Gasteiger partial charge in [0.15, 0.2) is 9.84 Å². The number of likely N-dealkylation sites (tertiary alicyclic amines) is 2. The molecule has 0 aromatic heterocycles. The first-order valence-corrected chi connectivity index (χ1v) is 11.2. The van der Waals surface area contributed by atoms with Crippen LogP contribution < -0.4 is 0 Å². The molecule has 0 saturated carbocycles. The van der Waals surface area contributed by atoms with Crippen molar-refractivity contribution < 1.29 is 12.8 Å². The van der Waals surface area contributed by atoms with Gasteiger partial charge in [0.1, 0.15) is 5.82 Å². The highest BCUT2D eigenvalue weighted by atomic mass is 35.5. The van der Waals surface area contributed by atoms with Gasteiger partial charge in [-0.05, 0) is 54.3 Å². The summed E-state index contributed by atoms with van der Waals surface area (Å²) in [5.74, 6) is 0.899. The highest BCUT2D eigenvalue weighted by Gasteiger charge is 2.45. The Hall–Kier alpha value is -1.47. The summed E-state index contributed by atoms with van der Waals surface area (Å²) < 4.78 is 36.9. The molecule has 2 aromatic carbocycles. The van der Waals surface area contributed by atoms with E-state index in [0.29, 0.717) is 16.7 Å². The molecular weight excluding hydrogens is 399 g/mol. The molecule has 0 aliphatic carbocycles. The van der Waals surface area contributed by atoms with Crippen molar-refractivity contribution in [3.63, 3.8) is 0 Å². The highest BCUT2D eigenvalue weighted by molar-refractivity contribution is 7.90. The van der Waals surface area contributed by atoms with Gasteiger partial charge in [-0.2, -0.15) is 0 Å². The van der Waals surface area contributed by atoms with Crippen LogP contribution in [0.5, 0.6) is 0 Å². The molecule has 2 aliphatic rings. The maximum atomic E-state index is 13.7. The molecule has 0 spiro atoms. The Morgan fingerprint density at radius 2 is 1.79 bits per heavy atom. The molecule has 2 aliphatic heterocycles. The molecule has 0 bridgehead atoms. The topological polar surface area (TPSA) is 40.6 Å². The van der Waals surface area contributed by atoms with Crippen LogP contribution in [0.1, 0.15) is 17.2 Å². The zero-order valence-electron chi connectivity index (χ0n) is 16.1. The van der Waals surface area contributed by atoms with E-state index >= 15 is 0 Å². The Labute approximate surface area is 172 Å². The molecular formula is C21H26ClFN2O2S. The van der Waals surface area contributed by atoms with Crippen molar-refractivity contribution in [3.8, 4) is 0 Å². The Morgan fingerprint density at radius 1 is 1.07 bits per heavy atom. The van der Waals surface area contributed by atoms with E-state index in [2.05, 4.69) is 16.8 Å². The second kappa shape index (κ2) is 8.11. The minimum absolute atomic E-state index is 0. The summed E-state index contributed by atoms with van der Waals surface area (Å²) in [6.45, 7) is 3.84. The molecule has 0 amide bonds. The maximum Gasteiger partial charge on any atom is 0.175 e. The lowest BCUT2D eigenvalue weighted by Crippen LogP contribution is -2.29. The third-order valence-corrected chi connectivity index (χ3v) is 7.05. The van der Waals surface area contributed by atoms with Crippen molar-refractivity contribution in [1.29, 1.82) is 0 Å². The second-order valence-electron chi connectivity index (χ2n) is 7.97. The predicted molar refractivity (Wildman–Crippen MR) is 111 cm³/mol. The summed E-state index contributed by atoms with van der Waals surface area (Å²) in [4.78, 5) is 5.14. The molecule has 2 aromatic rings. The zero-order chi connectivity index (χ0) is 19.2. The molecule has 28 heavy (non-hydrogen) atoms. The zero-order valence-corrected chi connectivity index (χ0v) is 17.7. The van der Waals surface area contributed by atoms with E-state index in [9.17, 15) is 12.8 Å². The number of benzene rings is 2. The van der Waals surface area contributed by atoms with Crippen LogP contribution in [0.25, 0.3) is 0 Å². The SMILES string of the molecule is CN1C[C@H]2CN(Cc3ccc(S(C)(=O)=O)cc3)C[C@H]2[C@@H]1c1cccc(F)c1.Cl. The molecule has 0 N–H and O–H groups in total. The van der Waals surface area contributed by atoms with Crippen LogP contribution in [0.15, 0.2) is 53.4 Å². The monoisotopic (exact) mass is 424 g/mol. The van der Waals surface area contributed by atoms with Gasteiger partial charge in [-0.3, -0.25) is 9.80 Å². The fourth-order valence-corrected chi connectivity index (χ4v) is 5.40. The number of hydrogen-bond acceptors (Lipinski definition) is 4. The first kappa shape index (κ1) is 21.2. The lowest BCUT2D eigenvalue weighted by molar-refractivity contribution is 0.224. The number of sulfone groups is 1. The molecule has 2 saturated heterocycles. The lowest BCUT2D eigenvalue weighted by atomic mass is 9.89. The number of rotatable bonds is 4. The summed E-state index contributed by atoms with van der Waals surface area (Å²) in [7, 11) is -1.03. The minimum Gasteiger partial charge on any atom is -0.299 e. The summed E-state index contributed by atoms with van der Waals surface area (Å²) in [6, 6.07) is 14.4. The van der Waals surface area contributed by atoms with Gasteiger partial charge in [-0.25, -0.2) is 12.8 Å². The van der Waals surface area contributed by atoms with E-state index in [4.69, 9.17) is 0 Å². The van der Waals surface area contributed by atoms with Crippen molar-refractivity contribution in [2.45, 2.75) is 17.5 Å². The van der Waals surface area contributed by atoms with E-state index in [-0.39, 0.29) is 24.3 Å². The molecule has 4 nitrogen and oxygen atoms in total. The molecule has 0 radical (unpaired) electrons. The van der Waals surface area contributed by atoms with Gasteiger partial charge in [0, 0.05) is 38.5 Å². The molecule has 7 heteroatoms. The van der Waals surface area contributed by atoms with Crippen LogP contribution in [0.2, 0.25) is 0 Å². The molecule has 3 atom stereocenters. The van der Waals surface area contributed by atoms with Gasteiger partial charge < -0.3 is 0 Å². The van der Waals surface area contributed by atoms with E-state index in [1.54, 1.807) is 24.3 Å². The number of fused-ring (bicyclic) bond motifs is 1. The summed E-state index contributed by atoms with van der Waals surface area (Å²) in [6.07, 6.45) is 1.23. The van der Waals surface area contributed by atoms with E-state index in [0.717, 1.165) is 37.3 Å². The van der Waals surface area contributed by atoms with Crippen LogP contribution >= 0.6 is 12.4 Å². The average molecular weight is 425 g/mol. The first-order valence-electron chi connectivity index (χ1n) is 9.28. The quantitative estimate of drug-likeness (QED) is 0.754. The van der Waals surface area contributed by atoms with Gasteiger partial charge in [-0.1, -0.05) is 24.3 Å². The van der Waals surface area contributed by atoms with Crippen LogP contribution in [-0.2, 0) is 16.4 Å². The normalized spacial score (nSPS) is 25.5. The van der Waals surface area contributed by atoms with Gasteiger partial charge >= 0.3 is 0 Å². The minimum atomic E-state index is -3.16. The van der Waals surface area contributed by atoms with Crippen LogP contribution in [-0.4, -0.2) is 51.2 Å². The smallest absolute Gasteiger partial charge is 0.175 e. The van der Waals surface area contributed by atoms with Gasteiger partial charge in [-0.15, -0.1) is 12.4 Å². The van der Waals surface area contributed by atoms with Crippen molar-refractivity contribution in [2.24, 2.45) is 11.8 Å². The largest absolute Gasteiger partial charge is 0.299 e. The highest BCUT2D eigenvalue weighted by Crippen LogP contribution is 2.44. The van der Waals surface area contributed by atoms with Crippen LogP contribution in [0.3, 0.4) is 0 Å². The fraction of sp³-hybridized carbons (Fsp3) is 0.429. The molecule has 2 fully saturated rings. The van der Waals surface area contributed by atoms with Crippen molar-refractivity contribution in [2.75, 3.05) is 32.9 Å². The number of halogens is 2. The van der Waals surface area contributed by atoms with E-state index in [1.165, 1.54) is 12.3 Å². The molecule has 152 valence electrons. The van der Waals surface area contributed by atoms with Crippen molar-refractivity contribution in [3.05, 3.63) is 65.5 Å². The Kier molecular flexibility index (Phi) is 6.15. The first-order chi connectivity index (χ1) is 12.8. The van der Waals surface area contributed by atoms with Gasteiger partial charge in [0.2, 0.25) is 0 Å². The van der Waals surface area contributed by atoms with Crippen molar-refractivity contribution in [1.82, 2.24) is 9.80 Å². The average Bonchev–Trinajstić information content (AvgIpc) is 3.10. The van der Waals surface area contributed by atoms with E-state index < -0.39 is 9.84 Å². The Bertz CT molecular complexity index is 936. The summed E-state index contributed by atoms with van der Waals surface area (Å²) in [5.41, 5.74) is 2.18. The fourth-order valence-electron chi connectivity index (χ4n) is 4.77. The molecule has 2 heterocycles. The maximum absolute atomic E-state index is 13.7. The Morgan fingerprint density at radius 3 is 2.43 bits per heavy atom. The lowest BCUT2D eigenvalue weighted by Gasteiger charge is -2.27. The number of nitrogens with zero attached hydrogens (tertiary/aromatic N) is 2. The second-order valence-corrected chi connectivity index (χ2v) is 9.99. The third kappa shape index (κ3) is 4.25. The number of hydrogen-bond donors (Lipinski definition) is 0. The molecule has 0 unspecified atom stereocenters. The van der Waals surface area contributed by atoms with E-state index in [1.807, 2.05) is 18.2 Å². The summed E-state index contributed by atoms with van der Waals surface area (Å²) in [5, 5.41) is 0. The van der Waals surface area contributed by atoms with Gasteiger partial charge in [0.05, 0.1) is 4.90 Å². The molecule has 4 rings (SSSR count). The standard InChI is InChI=1S/C21H25FN2O2S.ClH/c1-23-12-17-13-24(11-15-6-8-19(9-7-15)27(2,25)26)14-20(17)21(23)16-4-3-5-18(22)10-16;/h3-10,17,20-21H,11-14H2,1-2H3;1H/t17-,20+,21-;/m0./s1. The Balaban J connectivity index is 0.00000225. The predicted octanol–water partition coefficient (Wildman–Crippen LogP) is 3.39. The summed E-state index contributed by atoms with van der Waals surface area (Å²) >= 11 is 0. The third-order valence-electron chi connectivity index (χ3n) is 5.92. The van der Waals surface area contributed by atoms with Gasteiger partial charge in [0.25, 0.3) is 0 Å². The van der Waals surface area contributed by atoms with Crippen molar-refractivity contribution >= 4 is 22.2 Å². The van der Waals surface area contributed by atoms with Crippen LogP contribution in [0.4, 0.5) is 4.39 Å². The van der Waals surface area contributed by atoms with Crippen LogP contribution in [0, 0.1) is 17.7 Å².